The smallest absolute Gasteiger partial charge is 0.125 e. The summed E-state index contributed by atoms with van der Waals surface area (Å²) in [7, 11) is 3.37. The second-order valence-corrected chi connectivity index (χ2v) is 3.87. The van der Waals surface area contributed by atoms with Gasteiger partial charge in [-0.2, -0.15) is 0 Å². The molecule has 0 saturated heterocycles. The maximum absolute atomic E-state index is 5.48. The molecule has 0 unspecified atom stereocenters. The molecular weight excluding hydrogens is 202 g/mol. The number of hydrogen-bond acceptors (Lipinski definition) is 3. The largest absolute Gasteiger partial charge is 0.496 e. The molecule has 90 valence electrons. The van der Waals surface area contributed by atoms with Crippen molar-refractivity contribution in [1.29, 1.82) is 0 Å². The van der Waals surface area contributed by atoms with Gasteiger partial charge in [-0.25, -0.2) is 0 Å². The zero-order chi connectivity index (χ0) is 12.0. The molecule has 0 aliphatic heterocycles. The number of ether oxygens (including phenoxy) is 2. The molecule has 3 heteroatoms. The molecule has 1 rings (SSSR count). The van der Waals surface area contributed by atoms with Crippen LogP contribution in [0.25, 0.3) is 0 Å². The highest BCUT2D eigenvalue weighted by Gasteiger charge is 2.07. The third-order valence-corrected chi connectivity index (χ3v) is 2.73. The van der Waals surface area contributed by atoms with Gasteiger partial charge in [0.2, 0.25) is 0 Å². The van der Waals surface area contributed by atoms with Crippen molar-refractivity contribution >= 4 is 0 Å². The quantitative estimate of drug-likeness (QED) is 0.753. The Labute approximate surface area is 97.6 Å². The molecule has 0 amide bonds. The monoisotopic (exact) mass is 223 g/mol. The van der Waals surface area contributed by atoms with Gasteiger partial charge in [-0.05, 0) is 50.4 Å². The van der Waals surface area contributed by atoms with Gasteiger partial charge in [-0.15, -0.1) is 0 Å². The molecule has 0 atom stereocenters. The Hall–Kier alpha value is -1.22. The van der Waals surface area contributed by atoms with Gasteiger partial charge >= 0.3 is 0 Å². The summed E-state index contributed by atoms with van der Waals surface area (Å²) in [6, 6.07) is 4.16. The van der Waals surface area contributed by atoms with E-state index in [1.165, 1.54) is 5.56 Å². The first-order chi connectivity index (χ1) is 7.72. The molecule has 1 aromatic rings. The van der Waals surface area contributed by atoms with Crippen LogP contribution in [0.15, 0.2) is 12.1 Å². The third kappa shape index (κ3) is 3.14. The zero-order valence-corrected chi connectivity index (χ0v) is 10.4. The minimum Gasteiger partial charge on any atom is -0.496 e. The van der Waals surface area contributed by atoms with Gasteiger partial charge in [0.25, 0.3) is 0 Å². The maximum atomic E-state index is 5.48. The van der Waals surface area contributed by atoms with Crippen molar-refractivity contribution in [3.8, 4) is 11.5 Å². The molecule has 0 saturated carbocycles. The van der Waals surface area contributed by atoms with Crippen molar-refractivity contribution in [2.45, 2.75) is 26.2 Å². The Morgan fingerprint density at radius 1 is 1.06 bits per heavy atom. The number of benzene rings is 1. The van der Waals surface area contributed by atoms with E-state index in [2.05, 4.69) is 12.1 Å². The summed E-state index contributed by atoms with van der Waals surface area (Å²) in [4.78, 5) is 0. The molecule has 0 spiro atoms. The Morgan fingerprint density at radius 3 is 2.06 bits per heavy atom. The first-order valence-corrected chi connectivity index (χ1v) is 5.64. The number of aryl methyl sites for hydroxylation is 1. The van der Waals surface area contributed by atoms with Crippen LogP contribution >= 0.6 is 0 Å². The Bertz CT molecular complexity index is 312. The summed E-state index contributed by atoms with van der Waals surface area (Å²) in [6.07, 6.45) is 3.18. The molecule has 3 nitrogen and oxygen atoms in total. The normalized spacial score (nSPS) is 10.2. The molecule has 0 bridgehead atoms. The van der Waals surface area contributed by atoms with Crippen LogP contribution in [0.2, 0.25) is 0 Å². The van der Waals surface area contributed by atoms with Crippen molar-refractivity contribution < 1.29 is 9.47 Å². The molecule has 16 heavy (non-hydrogen) atoms. The van der Waals surface area contributed by atoms with Gasteiger partial charge in [-0.1, -0.05) is 0 Å². The summed E-state index contributed by atoms with van der Waals surface area (Å²) in [5, 5.41) is 0. The third-order valence-electron chi connectivity index (χ3n) is 2.73. The highest BCUT2D eigenvalue weighted by Crippen LogP contribution is 2.29. The van der Waals surface area contributed by atoms with Crippen LogP contribution < -0.4 is 15.2 Å². The van der Waals surface area contributed by atoms with E-state index in [9.17, 15) is 0 Å². The zero-order valence-electron chi connectivity index (χ0n) is 10.4. The maximum Gasteiger partial charge on any atom is 0.125 e. The van der Waals surface area contributed by atoms with Crippen LogP contribution in [0.3, 0.4) is 0 Å². The summed E-state index contributed by atoms with van der Waals surface area (Å²) >= 11 is 0. The van der Waals surface area contributed by atoms with E-state index < -0.39 is 0 Å². The topological polar surface area (TPSA) is 44.5 Å². The van der Waals surface area contributed by atoms with Crippen LogP contribution in [0.5, 0.6) is 11.5 Å². The van der Waals surface area contributed by atoms with Gasteiger partial charge in [-0.3, -0.25) is 0 Å². The van der Waals surface area contributed by atoms with Crippen LogP contribution in [-0.2, 0) is 6.42 Å². The lowest BCUT2D eigenvalue weighted by Gasteiger charge is -2.12. The van der Waals surface area contributed by atoms with Gasteiger partial charge in [0, 0.05) is 5.56 Å². The SMILES string of the molecule is COc1cc(CCCCN)cc(OC)c1C. The first-order valence-electron chi connectivity index (χ1n) is 5.64. The average Bonchev–Trinajstić information content (AvgIpc) is 2.31. The molecular formula is C13H21NO2. The predicted molar refractivity (Wildman–Crippen MR) is 66.3 cm³/mol. The second-order valence-electron chi connectivity index (χ2n) is 3.87. The summed E-state index contributed by atoms with van der Waals surface area (Å²) in [5.41, 5.74) is 7.77. The molecule has 0 aliphatic rings. The van der Waals surface area contributed by atoms with Gasteiger partial charge in [0.1, 0.15) is 11.5 Å². The van der Waals surface area contributed by atoms with Crippen LogP contribution in [0.1, 0.15) is 24.0 Å². The van der Waals surface area contributed by atoms with Gasteiger partial charge < -0.3 is 15.2 Å². The number of nitrogens with two attached hydrogens (primary N) is 1. The molecule has 0 aromatic heterocycles. The Kier molecular flexibility index (Phi) is 5.12. The molecule has 0 heterocycles. The predicted octanol–water partition coefficient (Wildman–Crippen LogP) is 2.29. The first kappa shape index (κ1) is 12.8. The lowest BCUT2D eigenvalue weighted by atomic mass is 10.0. The van der Waals surface area contributed by atoms with E-state index in [1.807, 2.05) is 6.92 Å². The van der Waals surface area contributed by atoms with E-state index >= 15 is 0 Å². The van der Waals surface area contributed by atoms with E-state index in [-0.39, 0.29) is 0 Å². The molecule has 0 aliphatic carbocycles. The highest BCUT2D eigenvalue weighted by molar-refractivity contribution is 5.47. The summed E-state index contributed by atoms with van der Waals surface area (Å²) < 4.78 is 10.7. The standard InChI is InChI=1S/C13H21NO2/c1-10-12(15-2)8-11(6-4-5-7-14)9-13(10)16-3/h8-9H,4-7,14H2,1-3H3. The van der Waals surface area contributed by atoms with E-state index in [0.29, 0.717) is 0 Å². The number of methoxy groups -OCH3 is 2. The second kappa shape index (κ2) is 6.38. The van der Waals surface area contributed by atoms with Crippen LogP contribution in [0, 0.1) is 6.92 Å². The number of hydrogen-bond donors (Lipinski definition) is 1. The number of unbranched alkanes of at least 4 members (excludes halogenated alkanes) is 1. The Morgan fingerprint density at radius 2 is 1.62 bits per heavy atom. The minimum atomic E-state index is 0.750. The minimum absolute atomic E-state index is 0.750. The fraction of sp³-hybridized carbons (Fsp3) is 0.538. The van der Waals surface area contributed by atoms with Gasteiger partial charge in [0.15, 0.2) is 0 Å². The lowest BCUT2D eigenvalue weighted by Crippen LogP contribution is -2.00. The molecule has 0 radical (unpaired) electrons. The van der Waals surface area contributed by atoms with Crippen molar-refractivity contribution in [1.82, 2.24) is 0 Å². The summed E-state index contributed by atoms with van der Waals surface area (Å²) in [6.45, 7) is 2.75. The number of rotatable bonds is 6. The molecule has 1 aromatic carbocycles. The highest BCUT2D eigenvalue weighted by atomic mass is 16.5. The fourth-order valence-electron chi connectivity index (χ4n) is 1.76. The fourth-order valence-corrected chi connectivity index (χ4v) is 1.76. The van der Waals surface area contributed by atoms with Crippen LogP contribution in [0.4, 0.5) is 0 Å². The van der Waals surface area contributed by atoms with Crippen LogP contribution in [-0.4, -0.2) is 20.8 Å². The lowest BCUT2D eigenvalue weighted by molar-refractivity contribution is 0.387. The van der Waals surface area contributed by atoms with Crippen molar-refractivity contribution in [3.63, 3.8) is 0 Å². The molecule has 2 N–H and O–H groups in total. The van der Waals surface area contributed by atoms with E-state index in [1.54, 1.807) is 14.2 Å². The van der Waals surface area contributed by atoms with Crippen molar-refractivity contribution in [2.75, 3.05) is 20.8 Å². The summed E-state index contributed by atoms with van der Waals surface area (Å²) in [5.74, 6) is 1.78. The Balaban J connectivity index is 2.84. The molecule has 0 fully saturated rings. The average molecular weight is 223 g/mol. The van der Waals surface area contributed by atoms with E-state index in [4.69, 9.17) is 15.2 Å². The van der Waals surface area contributed by atoms with Crippen molar-refractivity contribution in [3.05, 3.63) is 23.3 Å². The van der Waals surface area contributed by atoms with Crippen molar-refractivity contribution in [2.24, 2.45) is 5.73 Å². The van der Waals surface area contributed by atoms with E-state index in [0.717, 1.165) is 42.9 Å². The van der Waals surface area contributed by atoms with Gasteiger partial charge in [0.05, 0.1) is 14.2 Å².